The second-order valence-corrected chi connectivity index (χ2v) is 8.58. The highest BCUT2D eigenvalue weighted by Crippen LogP contribution is 2.24. The number of aromatic amines is 1. The van der Waals surface area contributed by atoms with E-state index in [-0.39, 0.29) is 17.2 Å². The quantitative estimate of drug-likeness (QED) is 0.550. The van der Waals surface area contributed by atoms with Crippen LogP contribution in [0.5, 0.6) is 0 Å². The third-order valence-corrected chi connectivity index (χ3v) is 5.76. The lowest BCUT2D eigenvalue weighted by molar-refractivity contribution is 0.0737. The molecule has 8 nitrogen and oxygen atoms in total. The third-order valence-electron chi connectivity index (χ3n) is 5.76. The van der Waals surface area contributed by atoms with Crippen molar-refractivity contribution in [1.82, 2.24) is 25.0 Å². The first-order valence-electron chi connectivity index (χ1n) is 11.1. The summed E-state index contributed by atoms with van der Waals surface area (Å²) in [5.74, 6) is -0.522. The van der Waals surface area contributed by atoms with Crippen molar-refractivity contribution >= 4 is 11.8 Å². The molecule has 0 spiro atoms. The topological polar surface area (TPSA) is 100 Å². The molecule has 3 aromatic rings. The molecule has 0 aliphatic carbocycles. The van der Waals surface area contributed by atoms with E-state index in [9.17, 15) is 14.4 Å². The number of hydrogen-bond donors (Lipinski definition) is 2. The highest BCUT2D eigenvalue weighted by molar-refractivity contribution is 5.99. The summed E-state index contributed by atoms with van der Waals surface area (Å²) in [5.41, 5.74) is 1.84. The number of amides is 2. The molecule has 0 aliphatic heterocycles. The molecule has 0 radical (unpaired) electrons. The molecule has 2 amide bonds. The van der Waals surface area contributed by atoms with E-state index in [1.807, 2.05) is 43.3 Å². The van der Waals surface area contributed by atoms with Crippen LogP contribution in [0.3, 0.4) is 0 Å². The number of nitrogens with zero attached hydrogens (tertiary/aromatic N) is 3. The lowest BCUT2D eigenvalue weighted by Crippen LogP contribution is -2.36. The summed E-state index contributed by atoms with van der Waals surface area (Å²) in [4.78, 5) is 40.2. The van der Waals surface area contributed by atoms with E-state index in [1.54, 1.807) is 17.8 Å². The van der Waals surface area contributed by atoms with Crippen LogP contribution in [0.25, 0.3) is 11.3 Å². The number of carbonyl (C=O) groups excluding carboxylic acids is 2. The van der Waals surface area contributed by atoms with Gasteiger partial charge in [-0.15, -0.1) is 0 Å². The van der Waals surface area contributed by atoms with Gasteiger partial charge in [0.2, 0.25) is 5.43 Å². The van der Waals surface area contributed by atoms with Crippen LogP contribution in [-0.4, -0.2) is 45.6 Å². The Labute approximate surface area is 193 Å². The summed E-state index contributed by atoms with van der Waals surface area (Å²) in [5, 5.41) is 9.84. The van der Waals surface area contributed by atoms with Gasteiger partial charge in [0.05, 0.1) is 17.4 Å². The molecule has 2 aromatic heterocycles. The van der Waals surface area contributed by atoms with Crippen molar-refractivity contribution in [3.05, 3.63) is 75.8 Å². The van der Waals surface area contributed by atoms with Gasteiger partial charge >= 0.3 is 0 Å². The van der Waals surface area contributed by atoms with Gasteiger partial charge in [-0.05, 0) is 25.3 Å². The minimum atomic E-state index is -0.575. The van der Waals surface area contributed by atoms with Crippen LogP contribution in [0.1, 0.15) is 59.6 Å². The molecule has 2 heterocycles. The number of benzene rings is 1. The average molecular weight is 450 g/mol. The van der Waals surface area contributed by atoms with Crippen LogP contribution in [0.15, 0.2) is 53.6 Å². The summed E-state index contributed by atoms with van der Waals surface area (Å²) in [7, 11) is 3.10. The van der Waals surface area contributed by atoms with Gasteiger partial charge < -0.3 is 14.8 Å². The summed E-state index contributed by atoms with van der Waals surface area (Å²) in [6, 6.07) is 11.3. The van der Waals surface area contributed by atoms with Crippen molar-refractivity contribution in [3.8, 4) is 11.3 Å². The molecular weight excluding hydrogens is 418 g/mol. The van der Waals surface area contributed by atoms with E-state index >= 15 is 0 Å². The first-order valence-corrected chi connectivity index (χ1v) is 11.1. The molecule has 33 heavy (non-hydrogen) atoms. The molecule has 0 aliphatic rings. The lowest BCUT2D eigenvalue weighted by Gasteiger charge is -2.24. The fourth-order valence-corrected chi connectivity index (χ4v) is 3.50. The summed E-state index contributed by atoms with van der Waals surface area (Å²) >= 11 is 0. The molecule has 1 atom stereocenters. The molecule has 3 rings (SSSR count). The number of pyridine rings is 1. The second-order valence-electron chi connectivity index (χ2n) is 8.58. The minimum Gasteiger partial charge on any atom is -0.355 e. The second kappa shape index (κ2) is 10.3. The van der Waals surface area contributed by atoms with Gasteiger partial charge in [0.1, 0.15) is 11.1 Å². The first-order chi connectivity index (χ1) is 15.7. The largest absolute Gasteiger partial charge is 0.355 e. The van der Waals surface area contributed by atoms with Crippen molar-refractivity contribution in [3.63, 3.8) is 0 Å². The number of aromatic nitrogens is 3. The molecule has 1 aromatic carbocycles. The highest BCUT2D eigenvalue weighted by atomic mass is 16.2. The van der Waals surface area contributed by atoms with E-state index in [2.05, 4.69) is 29.4 Å². The Hall–Kier alpha value is -3.68. The molecular formula is C25H31N5O3. The zero-order valence-electron chi connectivity index (χ0n) is 19.8. The summed E-state index contributed by atoms with van der Waals surface area (Å²) < 4.78 is 1.75. The zero-order chi connectivity index (χ0) is 24.1. The van der Waals surface area contributed by atoms with Crippen LogP contribution in [0.4, 0.5) is 0 Å². The maximum absolute atomic E-state index is 13.4. The predicted molar refractivity (Wildman–Crippen MR) is 128 cm³/mol. The standard InChI is InChI=1S/C25H31N5O3/c1-16(2)11-12-30-14-19(24(32)26-4)23(31)20(15-30)25(33)29(5)17(3)21-13-22(28-27-21)18-9-7-6-8-10-18/h6-10,13-17H,11-12H2,1-5H3,(H,26,32)(H,27,28). The van der Waals surface area contributed by atoms with Gasteiger partial charge in [0.15, 0.2) is 0 Å². The van der Waals surface area contributed by atoms with Gasteiger partial charge in [-0.2, -0.15) is 5.10 Å². The molecule has 8 heteroatoms. The number of H-pyrrole nitrogens is 1. The van der Waals surface area contributed by atoms with Gasteiger partial charge in [-0.3, -0.25) is 19.5 Å². The number of rotatable bonds is 8. The maximum Gasteiger partial charge on any atom is 0.259 e. The fraction of sp³-hybridized carbons (Fsp3) is 0.360. The van der Waals surface area contributed by atoms with E-state index in [0.29, 0.717) is 12.5 Å². The van der Waals surface area contributed by atoms with Gasteiger partial charge in [0, 0.05) is 38.6 Å². The number of carbonyl (C=O) groups is 2. The highest BCUT2D eigenvalue weighted by Gasteiger charge is 2.25. The zero-order valence-corrected chi connectivity index (χ0v) is 19.8. The molecule has 2 N–H and O–H groups in total. The van der Waals surface area contributed by atoms with E-state index in [4.69, 9.17) is 0 Å². The predicted octanol–water partition coefficient (Wildman–Crippen LogP) is 3.48. The number of aryl methyl sites for hydroxylation is 1. The molecule has 0 saturated carbocycles. The Morgan fingerprint density at radius 3 is 2.42 bits per heavy atom. The normalized spacial score (nSPS) is 11.9. The SMILES string of the molecule is CNC(=O)c1cn(CCC(C)C)cc(C(=O)N(C)C(C)c2cc(-c3ccccc3)n[nH]2)c1=O. The van der Waals surface area contributed by atoms with Crippen molar-refractivity contribution in [2.24, 2.45) is 5.92 Å². The molecule has 0 saturated heterocycles. The van der Waals surface area contributed by atoms with E-state index in [0.717, 1.165) is 23.4 Å². The Morgan fingerprint density at radius 2 is 1.79 bits per heavy atom. The lowest BCUT2D eigenvalue weighted by atomic mass is 10.1. The Kier molecular flexibility index (Phi) is 7.48. The monoisotopic (exact) mass is 449 g/mol. The Bertz CT molecular complexity index is 1180. The van der Waals surface area contributed by atoms with Crippen molar-refractivity contribution in [2.75, 3.05) is 14.1 Å². The van der Waals surface area contributed by atoms with Crippen LogP contribution >= 0.6 is 0 Å². The Balaban J connectivity index is 1.91. The molecule has 1 unspecified atom stereocenters. The fourth-order valence-electron chi connectivity index (χ4n) is 3.50. The van der Waals surface area contributed by atoms with E-state index < -0.39 is 17.2 Å². The summed E-state index contributed by atoms with van der Waals surface area (Å²) in [6.07, 6.45) is 3.92. The van der Waals surface area contributed by atoms with Crippen LogP contribution in [0.2, 0.25) is 0 Å². The van der Waals surface area contributed by atoms with Crippen LogP contribution < -0.4 is 10.7 Å². The number of hydrogen-bond acceptors (Lipinski definition) is 4. The van der Waals surface area contributed by atoms with Crippen molar-refractivity contribution in [2.45, 2.75) is 39.8 Å². The smallest absolute Gasteiger partial charge is 0.259 e. The van der Waals surface area contributed by atoms with E-state index in [1.165, 1.54) is 18.1 Å². The third kappa shape index (κ3) is 5.39. The Morgan fingerprint density at radius 1 is 1.12 bits per heavy atom. The van der Waals surface area contributed by atoms with Crippen LogP contribution in [-0.2, 0) is 6.54 Å². The molecule has 0 bridgehead atoms. The minimum absolute atomic E-state index is 0.0306. The van der Waals surface area contributed by atoms with Gasteiger partial charge in [-0.1, -0.05) is 44.2 Å². The van der Waals surface area contributed by atoms with Gasteiger partial charge in [0.25, 0.3) is 11.8 Å². The molecule has 174 valence electrons. The molecule has 0 fully saturated rings. The van der Waals surface area contributed by atoms with Crippen LogP contribution in [0, 0.1) is 5.92 Å². The van der Waals surface area contributed by atoms with Crippen molar-refractivity contribution in [1.29, 1.82) is 0 Å². The van der Waals surface area contributed by atoms with Gasteiger partial charge in [-0.25, -0.2) is 0 Å². The van der Waals surface area contributed by atoms with Crippen molar-refractivity contribution < 1.29 is 9.59 Å². The average Bonchev–Trinajstić information content (AvgIpc) is 3.32. The maximum atomic E-state index is 13.4. The first kappa shape index (κ1) is 24.0. The summed E-state index contributed by atoms with van der Waals surface area (Å²) in [6.45, 7) is 6.65. The number of nitrogens with one attached hydrogen (secondary N) is 2.